The van der Waals surface area contributed by atoms with Gasteiger partial charge in [0.2, 0.25) is 0 Å². The fraction of sp³-hybridized carbons (Fsp3) is 0.286. The summed E-state index contributed by atoms with van der Waals surface area (Å²) in [6.45, 7) is 3.89. The molecule has 1 atom stereocenters. The first-order valence-electron chi connectivity index (χ1n) is 9.02. The summed E-state index contributed by atoms with van der Waals surface area (Å²) in [4.78, 5) is 2.53. The van der Waals surface area contributed by atoms with Crippen molar-refractivity contribution < 1.29 is 4.74 Å². The standard InChI is InChI=1S/C21H24N4O.ClH/c1-26-21-6-3-2-5-19(21)20-15-22-12-14-24(20)16-17-7-9-18(10-8-17)25-13-4-11-23-25;/h2-11,13,20,22H,12,14-16H2,1H3;1H. The summed E-state index contributed by atoms with van der Waals surface area (Å²) in [5.74, 6) is 0.959. The van der Waals surface area contributed by atoms with Gasteiger partial charge in [-0.25, -0.2) is 4.68 Å². The molecule has 6 heteroatoms. The molecule has 2 aromatic carbocycles. The van der Waals surface area contributed by atoms with Crippen molar-refractivity contribution in [3.8, 4) is 11.4 Å². The Kier molecular flexibility index (Phi) is 6.50. The van der Waals surface area contributed by atoms with Crippen molar-refractivity contribution in [2.24, 2.45) is 0 Å². The molecule has 1 aliphatic heterocycles. The van der Waals surface area contributed by atoms with Crippen molar-refractivity contribution in [3.63, 3.8) is 0 Å². The van der Waals surface area contributed by atoms with Crippen LogP contribution < -0.4 is 10.1 Å². The summed E-state index contributed by atoms with van der Waals surface area (Å²) in [6, 6.07) is 19.2. The van der Waals surface area contributed by atoms with E-state index in [1.165, 1.54) is 11.1 Å². The van der Waals surface area contributed by atoms with E-state index in [-0.39, 0.29) is 12.4 Å². The summed E-state index contributed by atoms with van der Waals surface area (Å²) in [5, 5.41) is 7.81. The lowest BCUT2D eigenvalue weighted by Crippen LogP contribution is -2.45. The van der Waals surface area contributed by atoms with Crippen LogP contribution in [0.3, 0.4) is 0 Å². The number of rotatable bonds is 5. The van der Waals surface area contributed by atoms with Gasteiger partial charge in [0, 0.05) is 44.1 Å². The summed E-state index contributed by atoms with van der Waals surface area (Å²) in [7, 11) is 1.74. The number of nitrogens with one attached hydrogen (secondary N) is 1. The second kappa shape index (κ2) is 9.04. The third kappa shape index (κ3) is 4.33. The molecule has 0 bridgehead atoms. The first kappa shape index (κ1) is 19.4. The first-order chi connectivity index (χ1) is 12.8. The van der Waals surface area contributed by atoms with Crippen LogP contribution in [-0.2, 0) is 6.54 Å². The molecule has 1 saturated heterocycles. The zero-order chi connectivity index (χ0) is 17.8. The molecule has 3 aromatic rings. The van der Waals surface area contributed by atoms with E-state index in [9.17, 15) is 0 Å². The van der Waals surface area contributed by atoms with E-state index in [1.807, 2.05) is 29.1 Å². The number of ether oxygens (including phenoxy) is 1. The highest BCUT2D eigenvalue weighted by Gasteiger charge is 2.26. The summed E-state index contributed by atoms with van der Waals surface area (Å²) in [5.41, 5.74) is 3.64. The van der Waals surface area contributed by atoms with E-state index in [1.54, 1.807) is 13.3 Å². The Morgan fingerprint density at radius 3 is 2.67 bits per heavy atom. The van der Waals surface area contributed by atoms with Gasteiger partial charge in [0.25, 0.3) is 0 Å². The smallest absolute Gasteiger partial charge is 0.123 e. The number of hydrogen-bond donors (Lipinski definition) is 1. The number of piperazine rings is 1. The first-order valence-corrected chi connectivity index (χ1v) is 9.02. The minimum atomic E-state index is 0. The second-order valence-electron chi connectivity index (χ2n) is 6.55. The van der Waals surface area contributed by atoms with Gasteiger partial charge in [0.1, 0.15) is 5.75 Å². The van der Waals surface area contributed by atoms with Gasteiger partial charge in [0.15, 0.2) is 0 Å². The fourth-order valence-electron chi connectivity index (χ4n) is 3.59. The molecule has 1 N–H and O–H groups in total. The van der Waals surface area contributed by atoms with Gasteiger partial charge in [0.05, 0.1) is 18.8 Å². The van der Waals surface area contributed by atoms with Crippen molar-refractivity contribution in [1.82, 2.24) is 20.0 Å². The Bertz CT molecular complexity index is 836. The number of aromatic nitrogens is 2. The van der Waals surface area contributed by atoms with Crippen LogP contribution in [0.4, 0.5) is 0 Å². The van der Waals surface area contributed by atoms with E-state index >= 15 is 0 Å². The van der Waals surface area contributed by atoms with Gasteiger partial charge in [-0.15, -0.1) is 12.4 Å². The van der Waals surface area contributed by atoms with Crippen LogP contribution in [0.25, 0.3) is 5.69 Å². The Hall–Kier alpha value is -2.34. The number of benzene rings is 2. The highest BCUT2D eigenvalue weighted by molar-refractivity contribution is 5.85. The zero-order valence-electron chi connectivity index (χ0n) is 15.4. The Balaban J connectivity index is 0.00000210. The molecule has 0 amide bonds. The second-order valence-corrected chi connectivity index (χ2v) is 6.55. The molecule has 0 aliphatic carbocycles. The monoisotopic (exact) mass is 384 g/mol. The van der Waals surface area contributed by atoms with Crippen LogP contribution in [0.15, 0.2) is 67.0 Å². The molecule has 27 heavy (non-hydrogen) atoms. The average molecular weight is 385 g/mol. The summed E-state index contributed by atoms with van der Waals surface area (Å²) < 4.78 is 7.47. The van der Waals surface area contributed by atoms with Crippen LogP contribution in [0, 0.1) is 0 Å². The number of nitrogens with zero attached hydrogens (tertiary/aromatic N) is 3. The van der Waals surface area contributed by atoms with Crippen LogP contribution in [0.1, 0.15) is 17.2 Å². The van der Waals surface area contributed by atoms with Gasteiger partial charge in [-0.05, 0) is 29.8 Å². The molecule has 5 nitrogen and oxygen atoms in total. The van der Waals surface area contributed by atoms with E-state index in [4.69, 9.17) is 4.74 Å². The lowest BCUT2D eigenvalue weighted by Gasteiger charge is -2.37. The molecule has 4 rings (SSSR count). The van der Waals surface area contributed by atoms with Gasteiger partial charge >= 0.3 is 0 Å². The number of hydrogen-bond acceptors (Lipinski definition) is 4. The summed E-state index contributed by atoms with van der Waals surface area (Å²) >= 11 is 0. The van der Waals surface area contributed by atoms with Crippen LogP contribution in [0.5, 0.6) is 5.75 Å². The van der Waals surface area contributed by atoms with Gasteiger partial charge in [-0.3, -0.25) is 4.90 Å². The lowest BCUT2D eigenvalue weighted by atomic mass is 10.0. The summed E-state index contributed by atoms with van der Waals surface area (Å²) in [6.07, 6.45) is 3.76. The molecule has 1 fully saturated rings. The van der Waals surface area contributed by atoms with Crippen molar-refractivity contribution in [2.45, 2.75) is 12.6 Å². The van der Waals surface area contributed by atoms with E-state index in [2.05, 4.69) is 51.7 Å². The molecular weight excluding hydrogens is 360 g/mol. The van der Waals surface area contributed by atoms with Gasteiger partial charge < -0.3 is 10.1 Å². The topological polar surface area (TPSA) is 42.3 Å². The fourth-order valence-corrected chi connectivity index (χ4v) is 3.59. The normalized spacial score (nSPS) is 17.3. The molecule has 0 saturated carbocycles. The van der Waals surface area contributed by atoms with Crippen molar-refractivity contribution >= 4 is 12.4 Å². The predicted octanol–water partition coefficient (Wildman–Crippen LogP) is 3.45. The average Bonchev–Trinajstić information content (AvgIpc) is 3.24. The van der Waals surface area contributed by atoms with E-state index in [0.717, 1.165) is 37.6 Å². The molecule has 142 valence electrons. The Morgan fingerprint density at radius 1 is 1.11 bits per heavy atom. The molecular formula is C21H25ClN4O. The Labute approximate surface area is 166 Å². The molecule has 1 unspecified atom stereocenters. The highest BCUT2D eigenvalue weighted by Crippen LogP contribution is 2.31. The maximum atomic E-state index is 5.59. The van der Waals surface area contributed by atoms with E-state index < -0.39 is 0 Å². The molecule has 1 aromatic heterocycles. The maximum Gasteiger partial charge on any atom is 0.123 e. The van der Waals surface area contributed by atoms with Gasteiger partial charge in [-0.2, -0.15) is 5.10 Å². The predicted molar refractivity (Wildman–Crippen MR) is 110 cm³/mol. The lowest BCUT2D eigenvalue weighted by molar-refractivity contribution is 0.151. The van der Waals surface area contributed by atoms with Crippen molar-refractivity contribution in [1.29, 1.82) is 0 Å². The van der Waals surface area contributed by atoms with E-state index in [0.29, 0.717) is 6.04 Å². The number of halogens is 1. The minimum absolute atomic E-state index is 0. The molecule has 0 spiro atoms. The molecule has 1 aliphatic rings. The van der Waals surface area contributed by atoms with Crippen LogP contribution in [-0.4, -0.2) is 41.4 Å². The maximum absolute atomic E-state index is 5.59. The Morgan fingerprint density at radius 2 is 1.93 bits per heavy atom. The number of methoxy groups -OCH3 is 1. The van der Waals surface area contributed by atoms with Crippen molar-refractivity contribution in [3.05, 3.63) is 78.1 Å². The third-order valence-corrected chi connectivity index (χ3v) is 4.94. The van der Waals surface area contributed by atoms with Crippen molar-refractivity contribution in [2.75, 3.05) is 26.7 Å². The van der Waals surface area contributed by atoms with Crippen LogP contribution >= 0.6 is 12.4 Å². The zero-order valence-corrected chi connectivity index (χ0v) is 16.2. The largest absolute Gasteiger partial charge is 0.496 e. The molecule has 2 heterocycles. The number of para-hydroxylation sites is 1. The highest BCUT2D eigenvalue weighted by atomic mass is 35.5. The van der Waals surface area contributed by atoms with Gasteiger partial charge in [-0.1, -0.05) is 30.3 Å². The molecule has 0 radical (unpaired) electrons. The third-order valence-electron chi connectivity index (χ3n) is 4.94. The van der Waals surface area contributed by atoms with Crippen LogP contribution in [0.2, 0.25) is 0 Å². The quantitative estimate of drug-likeness (QED) is 0.731. The minimum Gasteiger partial charge on any atom is -0.496 e. The SMILES string of the molecule is COc1ccccc1C1CNCCN1Cc1ccc(-n2cccn2)cc1.Cl.